The number of ether oxygens (including phenoxy) is 5. The first-order chi connectivity index (χ1) is 17.7. The number of hydrogen-bond acceptors (Lipinski definition) is 13. The molecular formula is C24H26O13. The number of aromatic hydroxyl groups is 2. The molecule has 13 nitrogen and oxygen atoms in total. The molecule has 1 saturated heterocycles. The van der Waals surface area contributed by atoms with E-state index in [1.165, 1.54) is 45.6 Å². The van der Waals surface area contributed by atoms with Gasteiger partial charge in [-0.25, -0.2) is 0 Å². The highest BCUT2D eigenvalue weighted by molar-refractivity contribution is 5.91. The number of phenolic OH excluding ortho intramolecular Hbond substituents is 2. The third-order valence-corrected chi connectivity index (χ3v) is 5.98. The first kappa shape index (κ1) is 26.3. The minimum Gasteiger partial charge on any atom is -0.504 e. The predicted octanol–water partition coefficient (Wildman–Crippen LogP) is 0.0757. The van der Waals surface area contributed by atoms with Crippen molar-refractivity contribution in [1.29, 1.82) is 0 Å². The van der Waals surface area contributed by atoms with Gasteiger partial charge in [0.05, 0.1) is 27.9 Å². The second-order valence-electron chi connectivity index (χ2n) is 8.13. The van der Waals surface area contributed by atoms with E-state index in [0.29, 0.717) is 0 Å². The van der Waals surface area contributed by atoms with Crippen LogP contribution in [0.15, 0.2) is 33.5 Å². The van der Waals surface area contributed by atoms with E-state index in [0.717, 1.165) is 0 Å². The highest BCUT2D eigenvalue weighted by Gasteiger charge is 2.45. The fourth-order valence-electron chi connectivity index (χ4n) is 4.03. The van der Waals surface area contributed by atoms with Crippen molar-refractivity contribution in [2.75, 3.05) is 27.9 Å². The topological polar surface area (TPSA) is 198 Å². The van der Waals surface area contributed by atoms with Crippen LogP contribution < -0.4 is 24.4 Å². The van der Waals surface area contributed by atoms with Gasteiger partial charge in [0, 0.05) is 11.6 Å². The maximum atomic E-state index is 13.4. The molecule has 0 amide bonds. The summed E-state index contributed by atoms with van der Waals surface area (Å²) in [6.07, 6.45) is -8.08. The number of benzene rings is 2. The zero-order valence-corrected chi connectivity index (χ0v) is 19.9. The summed E-state index contributed by atoms with van der Waals surface area (Å²) in [7, 11) is 3.84. The van der Waals surface area contributed by atoms with Gasteiger partial charge in [-0.3, -0.25) is 4.79 Å². The third-order valence-electron chi connectivity index (χ3n) is 5.98. The van der Waals surface area contributed by atoms with Crippen LogP contribution in [0.4, 0.5) is 0 Å². The number of rotatable bonds is 7. The minimum atomic E-state index is -1.78. The molecule has 5 atom stereocenters. The fourth-order valence-corrected chi connectivity index (χ4v) is 4.03. The molecule has 0 radical (unpaired) electrons. The quantitative estimate of drug-likeness (QED) is 0.244. The van der Waals surface area contributed by atoms with Crippen LogP contribution in [-0.2, 0) is 4.74 Å². The minimum absolute atomic E-state index is 0.0537. The molecule has 200 valence electrons. The lowest BCUT2D eigenvalue weighted by Crippen LogP contribution is -2.60. The third kappa shape index (κ3) is 4.47. The lowest BCUT2D eigenvalue weighted by atomic mass is 9.99. The van der Waals surface area contributed by atoms with Crippen LogP contribution in [0.3, 0.4) is 0 Å². The first-order valence-corrected chi connectivity index (χ1v) is 11.0. The van der Waals surface area contributed by atoms with Gasteiger partial charge in [0.15, 0.2) is 28.8 Å². The molecule has 0 bridgehead atoms. The summed E-state index contributed by atoms with van der Waals surface area (Å²) < 4.78 is 32.3. The Hall–Kier alpha value is -3.75. The SMILES string of the molecule is COc1ccc(-c2oc3cc(OC)c(OC4OC(CO)C(O)C(O)C4O)c(O)c3c(=O)c2OC)cc1O. The van der Waals surface area contributed by atoms with Gasteiger partial charge in [0.2, 0.25) is 23.2 Å². The molecule has 5 unspecified atom stereocenters. The Morgan fingerprint density at radius 3 is 2.19 bits per heavy atom. The molecule has 1 aromatic heterocycles. The van der Waals surface area contributed by atoms with E-state index in [1.54, 1.807) is 0 Å². The summed E-state index contributed by atoms with van der Waals surface area (Å²) in [4.78, 5) is 13.4. The summed E-state index contributed by atoms with van der Waals surface area (Å²) in [6, 6.07) is 5.53. The smallest absolute Gasteiger partial charge is 0.239 e. The number of phenols is 2. The molecule has 1 aliphatic heterocycles. The maximum Gasteiger partial charge on any atom is 0.239 e. The monoisotopic (exact) mass is 522 g/mol. The van der Waals surface area contributed by atoms with Crippen molar-refractivity contribution in [2.45, 2.75) is 30.7 Å². The first-order valence-electron chi connectivity index (χ1n) is 11.0. The van der Waals surface area contributed by atoms with E-state index in [4.69, 9.17) is 28.1 Å². The molecule has 37 heavy (non-hydrogen) atoms. The van der Waals surface area contributed by atoms with Gasteiger partial charge in [0.1, 0.15) is 35.4 Å². The molecule has 2 aromatic carbocycles. The van der Waals surface area contributed by atoms with Gasteiger partial charge in [0.25, 0.3) is 0 Å². The highest BCUT2D eigenvalue weighted by Crippen LogP contribution is 2.45. The number of aliphatic hydroxyl groups is 4. The molecule has 4 rings (SSSR count). The zero-order valence-electron chi connectivity index (χ0n) is 19.9. The Morgan fingerprint density at radius 1 is 0.892 bits per heavy atom. The molecule has 2 heterocycles. The van der Waals surface area contributed by atoms with Gasteiger partial charge in [-0.1, -0.05) is 0 Å². The van der Waals surface area contributed by atoms with E-state index in [-0.39, 0.29) is 45.3 Å². The van der Waals surface area contributed by atoms with Crippen LogP contribution in [0.1, 0.15) is 0 Å². The van der Waals surface area contributed by atoms with E-state index < -0.39 is 54.2 Å². The number of fused-ring (bicyclic) bond motifs is 1. The van der Waals surface area contributed by atoms with Gasteiger partial charge in [-0.05, 0) is 18.2 Å². The zero-order chi connectivity index (χ0) is 27.0. The van der Waals surface area contributed by atoms with Crippen molar-refractivity contribution in [3.8, 4) is 45.8 Å². The molecule has 3 aromatic rings. The molecule has 0 aliphatic carbocycles. The summed E-state index contributed by atoms with van der Waals surface area (Å²) in [5.74, 6) is -1.70. The summed E-state index contributed by atoms with van der Waals surface area (Å²) in [5.41, 5.74) is -0.659. The van der Waals surface area contributed by atoms with Crippen LogP contribution in [0.2, 0.25) is 0 Å². The van der Waals surface area contributed by atoms with Gasteiger partial charge < -0.3 is 58.7 Å². The molecule has 13 heteroatoms. The molecule has 0 spiro atoms. The summed E-state index contributed by atoms with van der Waals surface area (Å²) >= 11 is 0. The Balaban J connectivity index is 1.85. The normalized spacial score (nSPS) is 23.6. The predicted molar refractivity (Wildman–Crippen MR) is 125 cm³/mol. The standard InChI is InChI=1S/C24H26O13/c1-32-11-5-4-9(6-10(11)26)21-23(34-3)18(29)15-12(35-21)7-13(33-2)22(17(15)28)37-24-20(31)19(30)16(27)14(8-25)36-24/h4-7,14,16,19-20,24-28,30-31H,8H2,1-3H3. The van der Waals surface area contributed by atoms with Crippen molar-refractivity contribution in [2.24, 2.45) is 0 Å². The van der Waals surface area contributed by atoms with Gasteiger partial charge in [-0.15, -0.1) is 0 Å². The Morgan fingerprint density at radius 2 is 1.59 bits per heavy atom. The number of hydrogen-bond donors (Lipinski definition) is 6. The van der Waals surface area contributed by atoms with Gasteiger partial charge >= 0.3 is 0 Å². The van der Waals surface area contributed by atoms with Gasteiger partial charge in [-0.2, -0.15) is 0 Å². The van der Waals surface area contributed by atoms with E-state index >= 15 is 0 Å². The number of aliphatic hydroxyl groups excluding tert-OH is 4. The largest absolute Gasteiger partial charge is 0.504 e. The second-order valence-corrected chi connectivity index (χ2v) is 8.13. The van der Waals surface area contributed by atoms with Crippen LogP contribution >= 0.6 is 0 Å². The average molecular weight is 522 g/mol. The van der Waals surface area contributed by atoms with E-state index in [9.17, 15) is 35.4 Å². The number of methoxy groups -OCH3 is 3. The van der Waals surface area contributed by atoms with Crippen LogP contribution in [0, 0.1) is 0 Å². The maximum absolute atomic E-state index is 13.4. The molecule has 1 fully saturated rings. The van der Waals surface area contributed by atoms with E-state index in [2.05, 4.69) is 0 Å². The van der Waals surface area contributed by atoms with E-state index in [1.807, 2.05) is 0 Å². The Labute approximate surface area is 209 Å². The lowest BCUT2D eigenvalue weighted by Gasteiger charge is -2.39. The lowest BCUT2D eigenvalue weighted by molar-refractivity contribution is -0.277. The fraction of sp³-hybridized carbons (Fsp3) is 0.375. The molecular weight excluding hydrogens is 496 g/mol. The van der Waals surface area contributed by atoms with Crippen LogP contribution in [0.5, 0.6) is 34.5 Å². The van der Waals surface area contributed by atoms with Crippen LogP contribution in [-0.4, -0.2) is 89.3 Å². The van der Waals surface area contributed by atoms with Crippen molar-refractivity contribution >= 4 is 11.0 Å². The van der Waals surface area contributed by atoms with Crippen molar-refractivity contribution in [1.82, 2.24) is 0 Å². The summed E-state index contributed by atoms with van der Waals surface area (Å²) in [5, 5.41) is 60.6. The molecule has 0 saturated carbocycles. The van der Waals surface area contributed by atoms with Crippen molar-refractivity contribution in [3.05, 3.63) is 34.5 Å². The van der Waals surface area contributed by atoms with Crippen LogP contribution in [0.25, 0.3) is 22.3 Å². The molecule has 1 aliphatic rings. The molecule has 6 N–H and O–H groups in total. The average Bonchev–Trinajstić information content (AvgIpc) is 2.89. The van der Waals surface area contributed by atoms with Crippen molar-refractivity contribution < 1.29 is 58.7 Å². The Bertz CT molecular complexity index is 1350. The highest BCUT2D eigenvalue weighted by atomic mass is 16.7. The van der Waals surface area contributed by atoms with Crippen molar-refractivity contribution in [3.63, 3.8) is 0 Å². The second kappa shape index (κ2) is 10.3. The Kier molecular flexibility index (Phi) is 7.34. The summed E-state index contributed by atoms with van der Waals surface area (Å²) in [6.45, 7) is -0.698.